The summed E-state index contributed by atoms with van der Waals surface area (Å²) < 4.78 is 8.35. The monoisotopic (exact) mass is 514 g/mol. The van der Waals surface area contributed by atoms with Crippen LogP contribution >= 0.6 is 0 Å². The molecule has 9 nitrogen and oxygen atoms in total. The van der Waals surface area contributed by atoms with Gasteiger partial charge in [-0.15, -0.1) is 0 Å². The maximum atomic E-state index is 13.7. The topological polar surface area (TPSA) is 129 Å². The van der Waals surface area contributed by atoms with Gasteiger partial charge in [0.2, 0.25) is 0 Å². The van der Waals surface area contributed by atoms with Gasteiger partial charge in [0.25, 0.3) is 11.5 Å². The Morgan fingerprint density at radius 1 is 1.08 bits per heavy atom. The van der Waals surface area contributed by atoms with Gasteiger partial charge in [-0.3, -0.25) is 14.2 Å². The number of hydrogen-bond acceptors (Lipinski definition) is 6. The van der Waals surface area contributed by atoms with Crippen molar-refractivity contribution in [1.82, 2.24) is 9.13 Å². The summed E-state index contributed by atoms with van der Waals surface area (Å²) in [6.07, 6.45) is 1.34. The largest absolute Gasteiger partial charge is 0.507 e. The van der Waals surface area contributed by atoms with Crippen molar-refractivity contribution in [1.29, 1.82) is 0 Å². The van der Waals surface area contributed by atoms with Crippen LogP contribution in [0.1, 0.15) is 47.3 Å². The van der Waals surface area contributed by atoms with E-state index in [0.717, 1.165) is 20.9 Å². The van der Waals surface area contributed by atoms with Crippen LogP contribution in [0.25, 0.3) is 16.5 Å². The number of anilines is 2. The highest BCUT2D eigenvalue weighted by Crippen LogP contribution is 2.43. The van der Waals surface area contributed by atoms with Gasteiger partial charge in [0.1, 0.15) is 28.6 Å². The molecule has 0 radical (unpaired) electrons. The fraction of sp³-hybridized carbons (Fsp3) is 0.276. The number of hydrogen-bond donors (Lipinski definition) is 3. The molecular weight excluding hydrogens is 484 g/mol. The van der Waals surface area contributed by atoms with Crippen molar-refractivity contribution in [2.45, 2.75) is 46.1 Å². The van der Waals surface area contributed by atoms with Gasteiger partial charge in [0.15, 0.2) is 0 Å². The molecule has 9 heteroatoms. The van der Waals surface area contributed by atoms with Crippen LogP contribution in [0.3, 0.4) is 0 Å². The normalized spacial score (nSPS) is 14.1. The number of fused-ring (bicyclic) bond motifs is 2. The summed E-state index contributed by atoms with van der Waals surface area (Å²) >= 11 is 0. The Bertz CT molecular complexity index is 1760. The number of carbonyl (C=O) groups is 1. The number of carbonyl (C=O) groups excluding carboxylic acids is 1. The number of phenols is 1. The molecule has 0 atom stereocenters. The smallest absolute Gasteiger partial charge is 0.337 e. The molecule has 5 rings (SSSR count). The third-order valence-electron chi connectivity index (χ3n) is 7.36. The van der Waals surface area contributed by atoms with E-state index in [-0.39, 0.29) is 22.8 Å². The van der Waals surface area contributed by atoms with E-state index in [1.165, 1.54) is 11.6 Å². The molecule has 1 aromatic heterocycles. The fourth-order valence-electron chi connectivity index (χ4n) is 5.13. The summed E-state index contributed by atoms with van der Waals surface area (Å²) in [7, 11) is 1.33. The number of nitrogens with zero attached hydrogens (tertiary/aromatic N) is 2. The number of amides is 1. The lowest BCUT2D eigenvalue weighted by molar-refractivity contribution is 0.0805. The van der Waals surface area contributed by atoms with Crippen LogP contribution in [0.15, 0.2) is 52.1 Å². The van der Waals surface area contributed by atoms with Crippen molar-refractivity contribution in [3.63, 3.8) is 0 Å². The Labute approximate surface area is 219 Å². The van der Waals surface area contributed by atoms with E-state index >= 15 is 0 Å². The molecule has 0 spiro atoms. The molecule has 0 unspecified atom stereocenters. The number of nitrogens with one attached hydrogen (secondary N) is 1. The van der Waals surface area contributed by atoms with Crippen LogP contribution in [-0.2, 0) is 13.5 Å². The molecule has 0 fully saturated rings. The maximum absolute atomic E-state index is 13.7. The second kappa shape index (κ2) is 8.79. The Morgan fingerprint density at radius 2 is 1.76 bits per heavy atom. The van der Waals surface area contributed by atoms with E-state index in [2.05, 4.69) is 5.32 Å². The highest BCUT2D eigenvalue weighted by molar-refractivity contribution is 6.09. The lowest BCUT2D eigenvalue weighted by atomic mass is 9.87. The lowest BCUT2D eigenvalue weighted by Crippen LogP contribution is -2.41. The van der Waals surface area contributed by atoms with Crippen LogP contribution in [-0.4, -0.2) is 25.7 Å². The number of nitrogens with two attached hydrogens (primary N) is 1. The predicted octanol–water partition coefficient (Wildman–Crippen LogP) is 3.95. The standard InChI is InChI=1S/C29H30N4O5/c1-15-18-13-14-29(3,4)38-24(18)21(16(2)23(15)34)26(35)31-22-25(30)33(28(37)32(5)27(22)36)20-12-8-10-17-9-6-7-11-19(17)20/h6-12,34H,13-14,30H2,1-5H3,(H,31,35). The van der Waals surface area contributed by atoms with Crippen LogP contribution in [0, 0.1) is 13.8 Å². The molecule has 196 valence electrons. The first-order valence-electron chi connectivity index (χ1n) is 12.4. The van der Waals surface area contributed by atoms with Crippen molar-refractivity contribution >= 4 is 28.2 Å². The zero-order valence-electron chi connectivity index (χ0n) is 22.0. The Balaban J connectivity index is 1.70. The van der Waals surface area contributed by atoms with Gasteiger partial charge in [-0.05, 0) is 57.6 Å². The highest BCUT2D eigenvalue weighted by Gasteiger charge is 2.34. The summed E-state index contributed by atoms with van der Waals surface area (Å²) in [5, 5.41) is 15.1. The number of benzene rings is 3. The first-order valence-corrected chi connectivity index (χ1v) is 12.4. The molecule has 0 saturated carbocycles. The molecule has 4 N–H and O–H groups in total. The van der Waals surface area contributed by atoms with E-state index in [0.29, 0.717) is 35.4 Å². The maximum Gasteiger partial charge on any atom is 0.337 e. The molecular formula is C29H30N4O5. The second-order valence-corrected chi connectivity index (χ2v) is 10.3. The SMILES string of the molecule is Cc1c(O)c(C)c(C(=O)Nc2c(N)n(-c3cccc4ccccc34)c(=O)n(C)c2=O)c2c1CCC(C)(C)O2. The predicted molar refractivity (Wildman–Crippen MR) is 148 cm³/mol. The Morgan fingerprint density at radius 3 is 2.50 bits per heavy atom. The third-order valence-corrected chi connectivity index (χ3v) is 7.36. The molecule has 0 aliphatic carbocycles. The van der Waals surface area contributed by atoms with E-state index in [4.69, 9.17) is 10.5 Å². The van der Waals surface area contributed by atoms with Crippen LogP contribution < -0.4 is 27.0 Å². The summed E-state index contributed by atoms with van der Waals surface area (Å²) in [6.45, 7) is 7.28. The van der Waals surface area contributed by atoms with Crippen molar-refractivity contribution in [3.05, 3.63) is 85.6 Å². The molecule has 2 heterocycles. The fourth-order valence-corrected chi connectivity index (χ4v) is 5.13. The molecule has 0 saturated heterocycles. The van der Waals surface area contributed by atoms with E-state index in [1.54, 1.807) is 26.0 Å². The average Bonchev–Trinajstić information content (AvgIpc) is 2.88. The van der Waals surface area contributed by atoms with Gasteiger partial charge in [0.05, 0.1) is 11.3 Å². The highest BCUT2D eigenvalue weighted by atomic mass is 16.5. The molecule has 0 bridgehead atoms. The average molecular weight is 515 g/mol. The number of aromatic nitrogens is 2. The quantitative estimate of drug-likeness (QED) is 0.380. The number of phenolic OH excluding ortho intramolecular Hbond substituents is 1. The minimum atomic E-state index is -0.749. The number of ether oxygens (including phenoxy) is 1. The van der Waals surface area contributed by atoms with Crippen molar-refractivity contribution in [2.24, 2.45) is 7.05 Å². The number of aromatic hydroxyl groups is 1. The van der Waals surface area contributed by atoms with E-state index in [9.17, 15) is 19.5 Å². The van der Waals surface area contributed by atoms with Crippen molar-refractivity contribution < 1.29 is 14.6 Å². The van der Waals surface area contributed by atoms with Gasteiger partial charge in [-0.25, -0.2) is 9.36 Å². The molecule has 1 amide bonds. The van der Waals surface area contributed by atoms with Crippen LogP contribution in [0.4, 0.5) is 11.5 Å². The molecule has 4 aromatic rings. The van der Waals surface area contributed by atoms with Gasteiger partial charge >= 0.3 is 5.69 Å². The first kappa shape index (κ1) is 25.1. The van der Waals surface area contributed by atoms with Gasteiger partial charge in [-0.1, -0.05) is 36.4 Å². The summed E-state index contributed by atoms with van der Waals surface area (Å²) in [5.74, 6) is -0.492. The van der Waals surface area contributed by atoms with Crippen molar-refractivity contribution in [2.75, 3.05) is 11.1 Å². The van der Waals surface area contributed by atoms with Crippen LogP contribution in [0.2, 0.25) is 0 Å². The van der Waals surface area contributed by atoms with Crippen molar-refractivity contribution in [3.8, 4) is 17.2 Å². The van der Waals surface area contributed by atoms with E-state index in [1.807, 2.05) is 44.2 Å². The molecule has 3 aromatic carbocycles. The summed E-state index contributed by atoms with van der Waals surface area (Å²) in [5.41, 5.74) is 6.61. The number of nitrogen functional groups attached to an aromatic ring is 1. The van der Waals surface area contributed by atoms with E-state index < -0.39 is 22.8 Å². The first-order chi connectivity index (χ1) is 17.9. The van der Waals surface area contributed by atoms with Gasteiger partial charge in [-0.2, -0.15) is 0 Å². The Hall–Kier alpha value is -4.53. The third kappa shape index (κ3) is 3.82. The molecule has 1 aliphatic heterocycles. The molecule has 38 heavy (non-hydrogen) atoms. The van der Waals surface area contributed by atoms with Gasteiger partial charge < -0.3 is 20.9 Å². The zero-order chi connectivity index (χ0) is 27.5. The zero-order valence-corrected chi connectivity index (χ0v) is 22.0. The summed E-state index contributed by atoms with van der Waals surface area (Å²) in [4.78, 5) is 40.2. The van der Waals surface area contributed by atoms with Gasteiger partial charge in [0, 0.05) is 23.6 Å². The second-order valence-electron chi connectivity index (χ2n) is 10.3. The lowest BCUT2D eigenvalue weighted by Gasteiger charge is -2.35. The van der Waals surface area contributed by atoms with Crippen LogP contribution in [0.5, 0.6) is 11.5 Å². The minimum absolute atomic E-state index is 0.00111. The number of rotatable bonds is 3. The Kier molecular flexibility index (Phi) is 5.82. The molecule has 1 aliphatic rings. The summed E-state index contributed by atoms with van der Waals surface area (Å²) in [6, 6.07) is 12.9. The minimum Gasteiger partial charge on any atom is -0.507 e.